The molecule has 96 valence electrons. The Labute approximate surface area is 108 Å². The molecule has 1 fully saturated rings. The number of rotatable bonds is 4. The molecule has 1 aliphatic carbocycles. The Bertz CT molecular complexity index is 558. The van der Waals surface area contributed by atoms with Crippen LogP contribution in [0.4, 0.5) is 0 Å². The van der Waals surface area contributed by atoms with Gasteiger partial charge < -0.3 is 9.67 Å². The number of nitrogens with zero attached hydrogens (tertiary/aromatic N) is 1. The zero-order valence-electron chi connectivity index (χ0n) is 11.2. The van der Waals surface area contributed by atoms with Gasteiger partial charge in [0.1, 0.15) is 0 Å². The largest absolute Gasteiger partial charge is 0.390 e. The molecule has 1 saturated carbocycles. The molecule has 1 N–H and O–H groups in total. The lowest BCUT2D eigenvalue weighted by molar-refractivity contribution is 0.0810. The van der Waals surface area contributed by atoms with E-state index in [0.717, 1.165) is 12.5 Å². The Morgan fingerprint density at radius 3 is 2.72 bits per heavy atom. The summed E-state index contributed by atoms with van der Waals surface area (Å²) in [5.74, 6) is 0.900. The Morgan fingerprint density at radius 2 is 2.06 bits per heavy atom. The van der Waals surface area contributed by atoms with Gasteiger partial charge in [-0.3, -0.25) is 0 Å². The molecule has 0 saturated heterocycles. The summed E-state index contributed by atoms with van der Waals surface area (Å²) in [5.41, 5.74) is 1.89. The Hall–Kier alpha value is -1.28. The second-order valence-electron chi connectivity index (χ2n) is 6.29. The van der Waals surface area contributed by atoms with Gasteiger partial charge in [-0.2, -0.15) is 0 Å². The number of aromatic nitrogens is 1. The molecular weight excluding hydrogens is 222 g/mol. The quantitative estimate of drug-likeness (QED) is 0.875. The fourth-order valence-corrected chi connectivity index (χ4v) is 2.60. The molecule has 1 aromatic carbocycles. The van der Waals surface area contributed by atoms with Gasteiger partial charge in [0.25, 0.3) is 0 Å². The lowest BCUT2D eigenvalue weighted by Gasteiger charge is -2.17. The first-order valence-corrected chi connectivity index (χ1v) is 6.81. The molecule has 18 heavy (non-hydrogen) atoms. The summed E-state index contributed by atoms with van der Waals surface area (Å²) in [5, 5.41) is 11.2. The fraction of sp³-hybridized carbons (Fsp3) is 0.500. The van der Waals surface area contributed by atoms with Gasteiger partial charge in [-0.1, -0.05) is 6.07 Å². The standard InChI is InChI=1S/C16H21NO/c1-16(2,18)10-13-5-6-15-14(9-13)7-8-17(15)11-12-3-4-12/h5-9,12,18H,3-4,10-11H2,1-2H3. The first kappa shape index (κ1) is 11.8. The van der Waals surface area contributed by atoms with E-state index in [9.17, 15) is 5.11 Å². The van der Waals surface area contributed by atoms with E-state index in [1.807, 2.05) is 13.8 Å². The molecule has 0 unspecified atom stereocenters. The molecule has 0 aliphatic heterocycles. The zero-order valence-corrected chi connectivity index (χ0v) is 11.2. The van der Waals surface area contributed by atoms with Crippen molar-refractivity contribution in [1.29, 1.82) is 0 Å². The minimum Gasteiger partial charge on any atom is -0.390 e. The summed E-state index contributed by atoms with van der Waals surface area (Å²) in [7, 11) is 0. The summed E-state index contributed by atoms with van der Waals surface area (Å²) < 4.78 is 2.36. The van der Waals surface area contributed by atoms with Crippen LogP contribution in [0.2, 0.25) is 0 Å². The van der Waals surface area contributed by atoms with Gasteiger partial charge in [0.15, 0.2) is 0 Å². The van der Waals surface area contributed by atoms with Crippen LogP contribution in [0, 0.1) is 5.92 Å². The summed E-state index contributed by atoms with van der Waals surface area (Å²) >= 11 is 0. The van der Waals surface area contributed by atoms with Gasteiger partial charge in [-0.25, -0.2) is 0 Å². The van der Waals surface area contributed by atoms with Crippen molar-refractivity contribution < 1.29 is 5.11 Å². The molecule has 0 spiro atoms. The molecule has 1 heterocycles. The number of hydrogen-bond acceptors (Lipinski definition) is 1. The topological polar surface area (TPSA) is 25.2 Å². The van der Waals surface area contributed by atoms with E-state index in [0.29, 0.717) is 6.42 Å². The normalized spacial score (nSPS) is 16.4. The lowest BCUT2D eigenvalue weighted by atomic mass is 9.98. The van der Waals surface area contributed by atoms with E-state index < -0.39 is 5.60 Å². The Morgan fingerprint density at radius 1 is 1.28 bits per heavy atom. The molecule has 2 heteroatoms. The van der Waals surface area contributed by atoms with E-state index in [2.05, 4.69) is 35.0 Å². The highest BCUT2D eigenvalue weighted by Gasteiger charge is 2.22. The molecular formula is C16H21NO. The zero-order chi connectivity index (χ0) is 12.8. The van der Waals surface area contributed by atoms with Crippen molar-refractivity contribution in [3.8, 4) is 0 Å². The monoisotopic (exact) mass is 243 g/mol. The summed E-state index contributed by atoms with van der Waals surface area (Å²) in [6, 6.07) is 8.73. The van der Waals surface area contributed by atoms with Crippen LogP contribution in [0.25, 0.3) is 10.9 Å². The van der Waals surface area contributed by atoms with Crippen LogP contribution in [0.1, 0.15) is 32.3 Å². The summed E-state index contributed by atoms with van der Waals surface area (Å²) in [4.78, 5) is 0. The van der Waals surface area contributed by atoms with Crippen LogP contribution in [-0.2, 0) is 13.0 Å². The van der Waals surface area contributed by atoms with Gasteiger partial charge in [0.2, 0.25) is 0 Å². The third-order valence-electron chi connectivity index (χ3n) is 3.62. The van der Waals surface area contributed by atoms with Gasteiger partial charge in [-0.05, 0) is 61.8 Å². The van der Waals surface area contributed by atoms with E-state index in [1.165, 1.54) is 29.3 Å². The predicted molar refractivity (Wildman–Crippen MR) is 74.7 cm³/mol. The summed E-state index contributed by atoms with van der Waals surface area (Å²) in [6.45, 7) is 4.87. The predicted octanol–water partition coefficient (Wildman–Crippen LogP) is 3.36. The average Bonchev–Trinajstić information content (AvgIpc) is 2.98. The molecule has 2 nitrogen and oxygen atoms in total. The SMILES string of the molecule is CC(C)(O)Cc1ccc2c(ccn2CC2CC2)c1. The van der Waals surface area contributed by atoms with Crippen LogP contribution < -0.4 is 0 Å². The minimum absolute atomic E-state index is 0.635. The van der Waals surface area contributed by atoms with Crippen molar-refractivity contribution in [2.24, 2.45) is 5.92 Å². The van der Waals surface area contributed by atoms with Crippen LogP contribution in [0.15, 0.2) is 30.5 Å². The maximum Gasteiger partial charge on any atom is 0.0631 e. The Balaban J connectivity index is 1.88. The van der Waals surface area contributed by atoms with Crippen molar-refractivity contribution in [2.45, 2.75) is 45.3 Å². The Kier molecular flexibility index (Phi) is 2.70. The van der Waals surface area contributed by atoms with Crippen molar-refractivity contribution in [3.63, 3.8) is 0 Å². The first-order valence-electron chi connectivity index (χ1n) is 6.81. The lowest BCUT2D eigenvalue weighted by Crippen LogP contribution is -2.21. The van der Waals surface area contributed by atoms with Crippen LogP contribution >= 0.6 is 0 Å². The van der Waals surface area contributed by atoms with Gasteiger partial charge in [-0.15, -0.1) is 0 Å². The second-order valence-corrected chi connectivity index (χ2v) is 6.29. The van der Waals surface area contributed by atoms with Crippen molar-refractivity contribution in [3.05, 3.63) is 36.0 Å². The second kappa shape index (κ2) is 4.13. The number of fused-ring (bicyclic) bond motifs is 1. The molecule has 3 rings (SSSR count). The number of hydrogen-bond donors (Lipinski definition) is 1. The first-order chi connectivity index (χ1) is 8.51. The van der Waals surface area contributed by atoms with Gasteiger partial charge >= 0.3 is 0 Å². The average molecular weight is 243 g/mol. The van der Waals surface area contributed by atoms with Crippen molar-refractivity contribution in [1.82, 2.24) is 4.57 Å². The third-order valence-corrected chi connectivity index (χ3v) is 3.62. The molecule has 2 aromatic rings. The van der Waals surface area contributed by atoms with Gasteiger partial charge in [0.05, 0.1) is 5.60 Å². The van der Waals surface area contributed by atoms with Crippen molar-refractivity contribution >= 4 is 10.9 Å². The van der Waals surface area contributed by atoms with E-state index in [-0.39, 0.29) is 0 Å². The van der Waals surface area contributed by atoms with Crippen LogP contribution in [-0.4, -0.2) is 15.3 Å². The number of aliphatic hydroxyl groups is 1. The van der Waals surface area contributed by atoms with Crippen LogP contribution in [0.5, 0.6) is 0 Å². The third kappa shape index (κ3) is 2.59. The molecule has 1 aromatic heterocycles. The summed E-state index contributed by atoms with van der Waals surface area (Å²) in [6.07, 6.45) is 5.67. The maximum absolute atomic E-state index is 9.87. The van der Waals surface area contributed by atoms with E-state index in [1.54, 1.807) is 0 Å². The smallest absolute Gasteiger partial charge is 0.0631 e. The molecule has 1 aliphatic rings. The molecule has 0 radical (unpaired) electrons. The maximum atomic E-state index is 9.87. The van der Waals surface area contributed by atoms with Crippen LogP contribution in [0.3, 0.4) is 0 Å². The highest BCUT2D eigenvalue weighted by Crippen LogP contribution is 2.32. The minimum atomic E-state index is -0.635. The molecule has 0 atom stereocenters. The molecule has 0 amide bonds. The van der Waals surface area contributed by atoms with E-state index in [4.69, 9.17) is 0 Å². The van der Waals surface area contributed by atoms with Crippen molar-refractivity contribution in [2.75, 3.05) is 0 Å². The van der Waals surface area contributed by atoms with E-state index >= 15 is 0 Å². The number of benzene rings is 1. The fourth-order valence-electron chi connectivity index (χ4n) is 2.60. The van der Waals surface area contributed by atoms with Gasteiger partial charge in [0, 0.05) is 24.7 Å². The highest BCUT2D eigenvalue weighted by atomic mass is 16.3. The highest BCUT2D eigenvalue weighted by molar-refractivity contribution is 5.80. The molecule has 0 bridgehead atoms.